The van der Waals surface area contributed by atoms with Crippen molar-refractivity contribution in [2.45, 2.75) is 51.1 Å². The number of carbonyl (C=O) groups is 2. The zero-order chi connectivity index (χ0) is 15.4. The van der Waals surface area contributed by atoms with Gasteiger partial charge in [0, 0.05) is 25.2 Å². The molecule has 1 aliphatic carbocycles. The van der Waals surface area contributed by atoms with Crippen LogP contribution in [0.3, 0.4) is 0 Å². The fraction of sp³-hybridized carbons (Fsp3) is 0.588. The Bertz CT molecular complexity index is 526. The molecule has 1 saturated carbocycles. The molecule has 118 valence electrons. The van der Waals surface area contributed by atoms with Gasteiger partial charge in [-0.05, 0) is 25.0 Å². The Balaban J connectivity index is 1.52. The molecule has 0 aromatic carbocycles. The number of hydrogen-bond acceptors (Lipinski definition) is 3. The maximum absolute atomic E-state index is 12.3. The highest BCUT2D eigenvalue weighted by molar-refractivity contribution is 5.89. The van der Waals surface area contributed by atoms with E-state index in [4.69, 9.17) is 0 Å². The highest BCUT2D eigenvalue weighted by Gasteiger charge is 2.37. The van der Waals surface area contributed by atoms with E-state index >= 15 is 0 Å². The first-order valence-corrected chi connectivity index (χ1v) is 8.21. The van der Waals surface area contributed by atoms with E-state index in [1.165, 1.54) is 19.3 Å². The van der Waals surface area contributed by atoms with Crippen LogP contribution in [-0.4, -0.2) is 34.3 Å². The quantitative estimate of drug-likeness (QED) is 0.923. The molecule has 1 N–H and O–H groups in total. The molecule has 2 amide bonds. The van der Waals surface area contributed by atoms with Gasteiger partial charge >= 0.3 is 0 Å². The molecule has 0 bridgehead atoms. The van der Waals surface area contributed by atoms with Gasteiger partial charge in [-0.15, -0.1) is 0 Å². The Hall–Kier alpha value is -1.91. The molecule has 0 spiro atoms. The molecule has 5 nitrogen and oxygen atoms in total. The molecule has 1 saturated heterocycles. The fourth-order valence-electron chi connectivity index (χ4n) is 3.48. The molecular formula is C17H23N3O2. The van der Waals surface area contributed by atoms with E-state index in [2.05, 4.69) is 10.3 Å². The molecule has 1 aromatic rings. The molecule has 2 fully saturated rings. The van der Waals surface area contributed by atoms with Crippen molar-refractivity contribution in [2.24, 2.45) is 5.92 Å². The highest BCUT2D eigenvalue weighted by Crippen LogP contribution is 2.28. The summed E-state index contributed by atoms with van der Waals surface area (Å²) in [6.45, 7) is 1.01. The molecule has 1 aromatic heterocycles. The topological polar surface area (TPSA) is 62.3 Å². The van der Waals surface area contributed by atoms with Crippen molar-refractivity contribution in [3.63, 3.8) is 0 Å². The van der Waals surface area contributed by atoms with Crippen LogP contribution in [0.5, 0.6) is 0 Å². The summed E-state index contributed by atoms with van der Waals surface area (Å²) in [4.78, 5) is 30.6. The van der Waals surface area contributed by atoms with Crippen molar-refractivity contribution in [1.29, 1.82) is 0 Å². The largest absolute Gasteiger partial charge is 0.350 e. The minimum atomic E-state index is -0.210. The lowest BCUT2D eigenvalue weighted by Crippen LogP contribution is -2.39. The summed E-state index contributed by atoms with van der Waals surface area (Å²) in [5, 5.41) is 2.90. The maximum atomic E-state index is 12.3. The molecular weight excluding hydrogens is 278 g/mol. The highest BCUT2D eigenvalue weighted by atomic mass is 16.2. The first-order valence-electron chi connectivity index (χ1n) is 8.21. The minimum Gasteiger partial charge on any atom is -0.350 e. The van der Waals surface area contributed by atoms with Crippen molar-refractivity contribution in [2.75, 3.05) is 6.54 Å². The normalized spacial score (nSPS) is 22.8. The van der Waals surface area contributed by atoms with E-state index in [0.29, 0.717) is 25.6 Å². The second kappa shape index (κ2) is 6.90. The van der Waals surface area contributed by atoms with Gasteiger partial charge in [-0.25, -0.2) is 0 Å². The van der Waals surface area contributed by atoms with Gasteiger partial charge in [0.2, 0.25) is 11.8 Å². The van der Waals surface area contributed by atoms with Crippen molar-refractivity contribution in [1.82, 2.24) is 15.2 Å². The smallest absolute Gasteiger partial charge is 0.225 e. The number of amides is 2. The van der Waals surface area contributed by atoms with E-state index in [0.717, 1.165) is 18.5 Å². The molecule has 2 aliphatic rings. The van der Waals surface area contributed by atoms with E-state index in [-0.39, 0.29) is 17.7 Å². The van der Waals surface area contributed by atoms with Crippen LogP contribution in [0, 0.1) is 5.92 Å². The van der Waals surface area contributed by atoms with E-state index in [9.17, 15) is 9.59 Å². The van der Waals surface area contributed by atoms with Gasteiger partial charge in [-0.3, -0.25) is 14.6 Å². The number of pyridine rings is 1. The first-order chi connectivity index (χ1) is 10.7. The van der Waals surface area contributed by atoms with Crippen LogP contribution in [0.4, 0.5) is 0 Å². The van der Waals surface area contributed by atoms with Crippen molar-refractivity contribution in [3.05, 3.63) is 30.1 Å². The third kappa shape index (κ3) is 3.46. The van der Waals surface area contributed by atoms with Crippen LogP contribution in [0.25, 0.3) is 0 Å². The SMILES string of the molecule is O=C(NCc1ccccn1)C1CC(=O)N(C2CCCCC2)C1. The Labute approximate surface area is 131 Å². The Kier molecular flexibility index (Phi) is 4.71. The summed E-state index contributed by atoms with van der Waals surface area (Å²) in [7, 11) is 0. The molecule has 5 heteroatoms. The van der Waals surface area contributed by atoms with Crippen molar-refractivity contribution >= 4 is 11.8 Å². The molecule has 1 unspecified atom stereocenters. The van der Waals surface area contributed by atoms with E-state index < -0.39 is 0 Å². The maximum Gasteiger partial charge on any atom is 0.225 e. The number of nitrogens with zero attached hydrogens (tertiary/aromatic N) is 2. The van der Waals surface area contributed by atoms with Crippen molar-refractivity contribution in [3.8, 4) is 0 Å². The minimum absolute atomic E-state index is 0.0303. The number of likely N-dealkylation sites (tertiary alicyclic amines) is 1. The summed E-state index contributed by atoms with van der Waals surface area (Å²) in [6, 6.07) is 5.99. The molecule has 1 aliphatic heterocycles. The van der Waals surface area contributed by atoms with Crippen LogP contribution in [-0.2, 0) is 16.1 Å². The average Bonchev–Trinajstić information content (AvgIpc) is 2.96. The van der Waals surface area contributed by atoms with Crippen LogP contribution < -0.4 is 5.32 Å². The molecule has 3 rings (SSSR count). The molecule has 0 radical (unpaired) electrons. The predicted octanol–water partition coefficient (Wildman–Crippen LogP) is 1.88. The lowest BCUT2D eigenvalue weighted by atomic mass is 9.94. The van der Waals surface area contributed by atoms with Crippen LogP contribution in [0.2, 0.25) is 0 Å². The predicted molar refractivity (Wildman–Crippen MR) is 82.8 cm³/mol. The number of hydrogen-bond donors (Lipinski definition) is 1. The van der Waals surface area contributed by atoms with Gasteiger partial charge in [0.25, 0.3) is 0 Å². The monoisotopic (exact) mass is 301 g/mol. The second-order valence-electron chi connectivity index (χ2n) is 6.28. The van der Waals surface area contributed by atoms with Gasteiger partial charge in [0.05, 0.1) is 18.2 Å². The van der Waals surface area contributed by atoms with Crippen molar-refractivity contribution < 1.29 is 9.59 Å². The van der Waals surface area contributed by atoms with Gasteiger partial charge in [-0.2, -0.15) is 0 Å². The zero-order valence-electron chi connectivity index (χ0n) is 12.8. The summed E-state index contributed by atoms with van der Waals surface area (Å²) >= 11 is 0. The summed E-state index contributed by atoms with van der Waals surface area (Å²) < 4.78 is 0. The number of carbonyl (C=O) groups excluding carboxylic acids is 2. The Morgan fingerprint density at radius 3 is 2.82 bits per heavy atom. The second-order valence-corrected chi connectivity index (χ2v) is 6.28. The fourth-order valence-corrected chi connectivity index (χ4v) is 3.48. The summed E-state index contributed by atoms with van der Waals surface area (Å²) in [5.41, 5.74) is 0.837. The number of nitrogens with one attached hydrogen (secondary N) is 1. The zero-order valence-corrected chi connectivity index (χ0v) is 12.8. The Morgan fingerprint density at radius 2 is 2.09 bits per heavy atom. The third-order valence-corrected chi connectivity index (χ3v) is 4.71. The van der Waals surface area contributed by atoms with E-state index in [1.807, 2.05) is 23.1 Å². The van der Waals surface area contributed by atoms with E-state index in [1.54, 1.807) is 6.20 Å². The van der Waals surface area contributed by atoms with Crippen LogP contribution in [0.15, 0.2) is 24.4 Å². The molecule has 22 heavy (non-hydrogen) atoms. The van der Waals surface area contributed by atoms with Gasteiger partial charge in [-0.1, -0.05) is 25.3 Å². The lowest BCUT2D eigenvalue weighted by Gasteiger charge is -2.31. The van der Waals surface area contributed by atoms with Gasteiger partial charge in [0.15, 0.2) is 0 Å². The summed E-state index contributed by atoms with van der Waals surface area (Å²) in [5.74, 6) is -0.0969. The molecule has 1 atom stereocenters. The first kappa shape index (κ1) is 15.0. The summed E-state index contributed by atoms with van der Waals surface area (Å²) in [6.07, 6.45) is 7.92. The molecule has 2 heterocycles. The number of aromatic nitrogens is 1. The van der Waals surface area contributed by atoms with Crippen LogP contribution in [0.1, 0.15) is 44.2 Å². The standard InChI is InChI=1S/C17H23N3O2/c21-16-10-13(12-20(16)15-7-2-1-3-8-15)17(22)19-11-14-6-4-5-9-18-14/h4-6,9,13,15H,1-3,7-8,10-12H2,(H,19,22). The Morgan fingerprint density at radius 1 is 1.27 bits per heavy atom. The average molecular weight is 301 g/mol. The lowest BCUT2D eigenvalue weighted by molar-refractivity contribution is -0.130. The van der Waals surface area contributed by atoms with Gasteiger partial charge in [0.1, 0.15) is 0 Å². The van der Waals surface area contributed by atoms with Gasteiger partial charge < -0.3 is 10.2 Å². The third-order valence-electron chi connectivity index (χ3n) is 4.71. The number of rotatable bonds is 4. The van der Waals surface area contributed by atoms with Crippen LogP contribution >= 0.6 is 0 Å².